The molecular weight excluding hydrogens is 208 g/mol. The topological polar surface area (TPSA) is 59.2 Å². The molecule has 0 N–H and O–H groups in total. The molecule has 0 saturated carbocycles. The van der Waals surface area contributed by atoms with Gasteiger partial charge in [-0.05, 0) is 13.8 Å². The maximum absolute atomic E-state index is 12.1. The van der Waals surface area contributed by atoms with Crippen LogP contribution < -0.4 is 0 Å². The molecule has 4 nitrogen and oxygen atoms in total. The van der Waals surface area contributed by atoms with Gasteiger partial charge in [0.2, 0.25) is 0 Å². The summed E-state index contributed by atoms with van der Waals surface area (Å²) in [6, 6.07) is 0. The summed E-state index contributed by atoms with van der Waals surface area (Å²) in [5, 5.41) is 0. The van der Waals surface area contributed by atoms with E-state index in [1.807, 2.05) is 0 Å². The summed E-state index contributed by atoms with van der Waals surface area (Å²) in [4.78, 5) is 24.2. The second-order valence-electron chi connectivity index (χ2n) is 4.38. The minimum absolute atomic E-state index is 0.0508. The second kappa shape index (κ2) is 3.12. The predicted octanol–water partition coefficient (Wildman–Crippen LogP) is 0.569. The van der Waals surface area contributed by atoms with Crippen molar-refractivity contribution in [2.75, 3.05) is 13.2 Å². The van der Waals surface area contributed by atoms with E-state index >= 15 is 0 Å². The normalized spacial score (nSPS) is 33.6. The lowest BCUT2D eigenvalue weighted by Crippen LogP contribution is -2.26. The summed E-state index contributed by atoms with van der Waals surface area (Å²) in [6.45, 7) is 4.50. The highest BCUT2D eigenvalue weighted by molar-refractivity contribution is 6.25. The van der Waals surface area contributed by atoms with E-state index in [-0.39, 0.29) is 23.8 Å². The number of rotatable bonds is 2. The standard InChI is InChI=1S/C12H12O4/c1-5-9(7-3-15-7)12(14)6(2)10(11(5)13)8-4-16-8/h7-8H,3-4H2,1-2H3. The van der Waals surface area contributed by atoms with Gasteiger partial charge < -0.3 is 9.47 Å². The molecule has 2 fully saturated rings. The third-order valence-electron chi connectivity index (χ3n) is 3.29. The molecule has 4 heteroatoms. The summed E-state index contributed by atoms with van der Waals surface area (Å²) >= 11 is 0. The summed E-state index contributed by atoms with van der Waals surface area (Å²) in [5.74, 6) is -0.102. The Morgan fingerprint density at radius 3 is 1.44 bits per heavy atom. The number of carbonyl (C=O) groups is 2. The van der Waals surface area contributed by atoms with Crippen LogP contribution >= 0.6 is 0 Å². The van der Waals surface area contributed by atoms with E-state index in [2.05, 4.69) is 0 Å². The van der Waals surface area contributed by atoms with Gasteiger partial charge in [0.1, 0.15) is 12.2 Å². The zero-order valence-corrected chi connectivity index (χ0v) is 9.20. The van der Waals surface area contributed by atoms with Crippen molar-refractivity contribution in [2.24, 2.45) is 0 Å². The van der Waals surface area contributed by atoms with Crippen molar-refractivity contribution in [3.8, 4) is 0 Å². The molecule has 2 aliphatic heterocycles. The summed E-state index contributed by atoms with van der Waals surface area (Å²) < 4.78 is 10.2. The van der Waals surface area contributed by atoms with Gasteiger partial charge in [-0.25, -0.2) is 0 Å². The molecule has 0 amide bonds. The third-order valence-corrected chi connectivity index (χ3v) is 3.29. The maximum Gasteiger partial charge on any atom is 0.188 e. The zero-order valence-electron chi connectivity index (χ0n) is 9.20. The Kier molecular flexibility index (Phi) is 1.94. The lowest BCUT2D eigenvalue weighted by atomic mass is 9.83. The fourth-order valence-corrected chi connectivity index (χ4v) is 2.19. The molecule has 0 spiro atoms. The highest BCUT2D eigenvalue weighted by Gasteiger charge is 2.44. The van der Waals surface area contributed by atoms with Crippen molar-refractivity contribution >= 4 is 11.6 Å². The highest BCUT2D eigenvalue weighted by atomic mass is 16.6. The lowest BCUT2D eigenvalue weighted by molar-refractivity contribution is -0.116. The van der Waals surface area contributed by atoms with Crippen LogP contribution in [0.3, 0.4) is 0 Å². The van der Waals surface area contributed by atoms with Crippen molar-refractivity contribution in [3.63, 3.8) is 0 Å². The molecule has 3 aliphatic rings. The van der Waals surface area contributed by atoms with Crippen LogP contribution in [0.5, 0.6) is 0 Å². The molecule has 1 aliphatic carbocycles. The van der Waals surface area contributed by atoms with Crippen LogP contribution in [0.2, 0.25) is 0 Å². The molecule has 0 bridgehead atoms. The largest absolute Gasteiger partial charge is 0.368 e. The quantitative estimate of drug-likeness (QED) is 0.504. The van der Waals surface area contributed by atoms with E-state index in [0.717, 1.165) is 0 Å². The summed E-state index contributed by atoms with van der Waals surface area (Å²) in [6.07, 6.45) is -0.318. The molecular formula is C12H12O4. The molecule has 2 heterocycles. The van der Waals surface area contributed by atoms with E-state index in [0.29, 0.717) is 35.5 Å². The maximum atomic E-state index is 12.1. The lowest BCUT2D eigenvalue weighted by Gasteiger charge is -2.18. The van der Waals surface area contributed by atoms with Crippen LogP contribution in [0.4, 0.5) is 0 Å². The van der Waals surface area contributed by atoms with Crippen LogP contribution in [-0.4, -0.2) is 37.0 Å². The summed E-state index contributed by atoms with van der Waals surface area (Å²) in [5.41, 5.74) is 2.16. The van der Waals surface area contributed by atoms with Gasteiger partial charge >= 0.3 is 0 Å². The first-order chi connectivity index (χ1) is 7.61. The Labute approximate surface area is 92.9 Å². The van der Waals surface area contributed by atoms with Gasteiger partial charge in [-0.15, -0.1) is 0 Å². The third kappa shape index (κ3) is 1.30. The predicted molar refractivity (Wildman–Crippen MR) is 54.9 cm³/mol. The van der Waals surface area contributed by atoms with Crippen molar-refractivity contribution in [1.29, 1.82) is 0 Å². The van der Waals surface area contributed by atoms with E-state index < -0.39 is 0 Å². The monoisotopic (exact) mass is 220 g/mol. The number of ketones is 2. The molecule has 0 aromatic carbocycles. The minimum Gasteiger partial charge on any atom is -0.368 e. The van der Waals surface area contributed by atoms with Crippen LogP contribution in [0.25, 0.3) is 0 Å². The van der Waals surface area contributed by atoms with E-state index in [4.69, 9.17) is 9.47 Å². The second-order valence-corrected chi connectivity index (χ2v) is 4.38. The molecule has 2 atom stereocenters. The van der Waals surface area contributed by atoms with Gasteiger partial charge in [-0.3, -0.25) is 9.59 Å². The van der Waals surface area contributed by atoms with E-state index in [1.165, 1.54) is 0 Å². The molecule has 2 unspecified atom stereocenters. The highest BCUT2D eigenvalue weighted by Crippen LogP contribution is 2.36. The van der Waals surface area contributed by atoms with Gasteiger partial charge in [-0.1, -0.05) is 0 Å². The van der Waals surface area contributed by atoms with Crippen LogP contribution in [-0.2, 0) is 19.1 Å². The van der Waals surface area contributed by atoms with Crippen molar-refractivity contribution in [2.45, 2.75) is 26.1 Å². The first kappa shape index (κ1) is 9.93. The Balaban J connectivity index is 2.06. The molecule has 3 rings (SSSR count). The number of ether oxygens (including phenoxy) is 2. The molecule has 2 saturated heterocycles. The average molecular weight is 220 g/mol. The first-order valence-corrected chi connectivity index (χ1v) is 5.35. The number of carbonyl (C=O) groups excluding carboxylic acids is 2. The fraction of sp³-hybridized carbons (Fsp3) is 0.500. The Morgan fingerprint density at radius 1 is 0.875 bits per heavy atom. The van der Waals surface area contributed by atoms with Gasteiger partial charge in [-0.2, -0.15) is 0 Å². The van der Waals surface area contributed by atoms with Gasteiger partial charge in [0.05, 0.1) is 13.2 Å². The SMILES string of the molecule is CC1=C(C2CO2)C(=O)C(C)=C(C2CO2)C1=O. The van der Waals surface area contributed by atoms with Crippen molar-refractivity contribution < 1.29 is 19.1 Å². The van der Waals surface area contributed by atoms with Gasteiger partial charge in [0.15, 0.2) is 11.6 Å². The van der Waals surface area contributed by atoms with Crippen LogP contribution in [0.1, 0.15) is 13.8 Å². The van der Waals surface area contributed by atoms with Gasteiger partial charge in [0, 0.05) is 22.3 Å². The Bertz CT molecular complexity index is 417. The first-order valence-electron chi connectivity index (χ1n) is 5.35. The van der Waals surface area contributed by atoms with Crippen LogP contribution in [0.15, 0.2) is 22.3 Å². The number of hydrogen-bond donors (Lipinski definition) is 0. The van der Waals surface area contributed by atoms with Crippen LogP contribution in [0, 0.1) is 0 Å². The number of epoxide rings is 2. The molecule has 0 aromatic rings. The van der Waals surface area contributed by atoms with E-state index in [9.17, 15) is 9.59 Å². The van der Waals surface area contributed by atoms with Crippen molar-refractivity contribution in [1.82, 2.24) is 0 Å². The number of Topliss-reactive ketones (excluding diaryl/α,β-unsaturated/α-hetero) is 2. The summed E-state index contributed by atoms with van der Waals surface area (Å²) in [7, 11) is 0. The van der Waals surface area contributed by atoms with E-state index in [1.54, 1.807) is 13.8 Å². The molecule has 84 valence electrons. The molecule has 0 aromatic heterocycles. The van der Waals surface area contributed by atoms with Crippen molar-refractivity contribution in [3.05, 3.63) is 22.3 Å². The van der Waals surface area contributed by atoms with Gasteiger partial charge in [0.25, 0.3) is 0 Å². The smallest absolute Gasteiger partial charge is 0.188 e. The Morgan fingerprint density at radius 2 is 1.19 bits per heavy atom. The zero-order chi connectivity index (χ0) is 11.4. The number of hydrogen-bond acceptors (Lipinski definition) is 4. The molecule has 0 radical (unpaired) electrons. The number of allylic oxidation sites excluding steroid dienone is 2. The fourth-order valence-electron chi connectivity index (χ4n) is 2.19. The Hall–Kier alpha value is -1.26. The average Bonchev–Trinajstić information content (AvgIpc) is 3.07. The minimum atomic E-state index is -0.159. The molecule has 16 heavy (non-hydrogen) atoms.